The Labute approximate surface area is 105 Å². The molecule has 4 nitrogen and oxygen atoms in total. The van der Waals surface area contributed by atoms with Crippen LogP contribution in [0.2, 0.25) is 5.15 Å². The minimum absolute atomic E-state index is 0.153. The van der Waals surface area contributed by atoms with E-state index in [4.69, 9.17) is 11.6 Å². The van der Waals surface area contributed by atoms with E-state index in [1.807, 2.05) is 11.6 Å². The summed E-state index contributed by atoms with van der Waals surface area (Å²) < 4.78 is 1.89. The second kappa shape index (κ2) is 3.81. The molecule has 2 aromatic heterocycles. The van der Waals surface area contributed by atoms with Crippen molar-refractivity contribution < 1.29 is 4.79 Å². The smallest absolute Gasteiger partial charge is 0.161 e. The minimum atomic E-state index is -0.153. The van der Waals surface area contributed by atoms with Crippen LogP contribution in [0, 0.1) is 0 Å². The average molecular weight is 252 g/mol. The highest BCUT2D eigenvalue weighted by atomic mass is 35.5. The third-order valence-electron chi connectivity index (χ3n) is 2.72. The fraction of sp³-hybridized carbons (Fsp3) is 0.417. The lowest BCUT2D eigenvalue weighted by Gasteiger charge is -2.20. The molecule has 0 fully saturated rings. The third kappa shape index (κ3) is 1.82. The van der Waals surface area contributed by atoms with Gasteiger partial charge in [0.05, 0.1) is 11.8 Å². The summed E-state index contributed by atoms with van der Waals surface area (Å²) in [6, 6.07) is 0. The fourth-order valence-corrected chi connectivity index (χ4v) is 2.33. The predicted octanol–water partition coefficient (Wildman–Crippen LogP) is 2.73. The first-order valence-corrected chi connectivity index (χ1v) is 5.70. The lowest BCUT2D eigenvalue weighted by Crippen LogP contribution is -2.18. The van der Waals surface area contributed by atoms with Gasteiger partial charge in [-0.25, -0.2) is 9.97 Å². The number of carbonyl (C=O) groups excluding carboxylic acids is 1. The largest absolute Gasteiger partial charge is 0.330 e. The van der Waals surface area contributed by atoms with Gasteiger partial charge in [0, 0.05) is 18.2 Å². The molecule has 0 saturated carbocycles. The quantitative estimate of drug-likeness (QED) is 0.732. The summed E-state index contributed by atoms with van der Waals surface area (Å²) >= 11 is 5.83. The Morgan fingerprint density at radius 3 is 2.59 bits per heavy atom. The van der Waals surface area contributed by atoms with Gasteiger partial charge in [-0.1, -0.05) is 32.4 Å². The molecule has 0 unspecified atom stereocenters. The second-order valence-electron chi connectivity index (χ2n) is 5.05. The number of nitrogens with zero attached hydrogens (tertiary/aromatic N) is 3. The molecule has 2 aromatic rings. The van der Waals surface area contributed by atoms with E-state index in [9.17, 15) is 4.79 Å². The first kappa shape index (κ1) is 12.0. The predicted molar refractivity (Wildman–Crippen MR) is 67.6 cm³/mol. The number of rotatable bonds is 1. The van der Waals surface area contributed by atoms with Crippen LogP contribution in [0.3, 0.4) is 0 Å². The number of hydrogen-bond acceptors (Lipinski definition) is 3. The summed E-state index contributed by atoms with van der Waals surface area (Å²) in [6.07, 6.45) is 2.30. The molecule has 0 bridgehead atoms. The van der Waals surface area contributed by atoms with Crippen molar-refractivity contribution >= 4 is 29.1 Å². The standard InChI is InChI=1S/C12H14ClN3O/c1-12(2,3)10-7(6-17)9-11(16(10)4)15-8(13)5-14-9/h5-6H,1-4H3. The Hall–Kier alpha value is -1.42. The Morgan fingerprint density at radius 1 is 1.41 bits per heavy atom. The van der Waals surface area contributed by atoms with E-state index in [1.165, 1.54) is 6.20 Å². The van der Waals surface area contributed by atoms with Crippen LogP contribution >= 0.6 is 11.6 Å². The first-order valence-electron chi connectivity index (χ1n) is 5.33. The van der Waals surface area contributed by atoms with Gasteiger partial charge in [0.15, 0.2) is 11.9 Å². The lowest BCUT2D eigenvalue weighted by atomic mass is 9.89. The molecule has 0 aromatic carbocycles. The van der Waals surface area contributed by atoms with Crippen LogP contribution in [0.4, 0.5) is 0 Å². The zero-order valence-corrected chi connectivity index (χ0v) is 11.0. The Kier molecular flexibility index (Phi) is 2.70. The maximum atomic E-state index is 11.3. The number of aldehydes is 1. The summed E-state index contributed by atoms with van der Waals surface area (Å²) in [5, 5.41) is 0.330. The summed E-state index contributed by atoms with van der Waals surface area (Å²) in [5.74, 6) is 0. The molecule has 17 heavy (non-hydrogen) atoms. The highest BCUT2D eigenvalue weighted by Crippen LogP contribution is 2.31. The number of aromatic nitrogens is 3. The van der Waals surface area contributed by atoms with E-state index in [1.54, 1.807) is 0 Å². The van der Waals surface area contributed by atoms with E-state index in [2.05, 4.69) is 30.7 Å². The fourth-order valence-electron chi connectivity index (χ4n) is 2.20. The number of aryl methyl sites for hydroxylation is 1. The molecule has 0 atom stereocenters. The molecule has 90 valence electrons. The van der Waals surface area contributed by atoms with Crippen LogP contribution in [0.5, 0.6) is 0 Å². The lowest BCUT2D eigenvalue weighted by molar-refractivity contribution is 0.112. The van der Waals surface area contributed by atoms with E-state index >= 15 is 0 Å². The van der Waals surface area contributed by atoms with Gasteiger partial charge in [-0.3, -0.25) is 4.79 Å². The molecular formula is C12H14ClN3O. The van der Waals surface area contributed by atoms with Gasteiger partial charge < -0.3 is 4.57 Å². The zero-order valence-electron chi connectivity index (χ0n) is 10.3. The van der Waals surface area contributed by atoms with Gasteiger partial charge in [-0.15, -0.1) is 0 Å². The van der Waals surface area contributed by atoms with E-state index in [-0.39, 0.29) is 5.41 Å². The summed E-state index contributed by atoms with van der Waals surface area (Å²) in [5.41, 5.74) is 2.62. The molecule has 0 spiro atoms. The molecule has 0 saturated heterocycles. The normalized spacial score (nSPS) is 12.1. The van der Waals surface area contributed by atoms with Gasteiger partial charge in [0.25, 0.3) is 0 Å². The highest BCUT2D eigenvalue weighted by Gasteiger charge is 2.26. The molecular weight excluding hydrogens is 238 g/mol. The number of fused-ring (bicyclic) bond motifs is 1. The molecule has 0 N–H and O–H groups in total. The number of halogens is 1. The molecule has 2 rings (SSSR count). The zero-order chi connectivity index (χ0) is 12.8. The van der Waals surface area contributed by atoms with E-state index in [0.717, 1.165) is 12.0 Å². The van der Waals surface area contributed by atoms with Crippen LogP contribution in [0.1, 0.15) is 36.8 Å². The number of hydrogen-bond donors (Lipinski definition) is 0. The van der Waals surface area contributed by atoms with Crippen molar-refractivity contribution in [3.8, 4) is 0 Å². The second-order valence-corrected chi connectivity index (χ2v) is 5.44. The van der Waals surface area contributed by atoms with Crippen molar-refractivity contribution in [2.24, 2.45) is 7.05 Å². The van der Waals surface area contributed by atoms with Gasteiger partial charge in [0.2, 0.25) is 0 Å². The van der Waals surface area contributed by atoms with E-state index in [0.29, 0.717) is 21.9 Å². The molecule has 5 heteroatoms. The van der Waals surface area contributed by atoms with Crippen molar-refractivity contribution in [3.05, 3.63) is 22.6 Å². The highest BCUT2D eigenvalue weighted by molar-refractivity contribution is 6.29. The molecule has 0 aliphatic heterocycles. The van der Waals surface area contributed by atoms with Crippen molar-refractivity contribution in [1.82, 2.24) is 14.5 Å². The molecule has 0 aliphatic carbocycles. The summed E-state index contributed by atoms with van der Waals surface area (Å²) in [6.45, 7) is 6.15. The monoisotopic (exact) mass is 251 g/mol. The van der Waals surface area contributed by atoms with Crippen LogP contribution in [0.25, 0.3) is 11.2 Å². The van der Waals surface area contributed by atoms with Gasteiger partial charge in [0.1, 0.15) is 10.7 Å². The molecule has 2 heterocycles. The van der Waals surface area contributed by atoms with Crippen LogP contribution in [-0.4, -0.2) is 20.8 Å². The van der Waals surface area contributed by atoms with E-state index < -0.39 is 0 Å². The Bertz CT molecular complexity index is 596. The van der Waals surface area contributed by atoms with Crippen molar-refractivity contribution in [3.63, 3.8) is 0 Å². The average Bonchev–Trinajstić information content (AvgIpc) is 2.51. The Morgan fingerprint density at radius 2 is 2.06 bits per heavy atom. The molecule has 0 aliphatic rings. The summed E-state index contributed by atoms with van der Waals surface area (Å²) in [7, 11) is 1.88. The molecule has 0 radical (unpaired) electrons. The van der Waals surface area contributed by atoms with Crippen LogP contribution in [0.15, 0.2) is 6.20 Å². The van der Waals surface area contributed by atoms with Crippen LogP contribution < -0.4 is 0 Å². The first-order chi connectivity index (χ1) is 7.86. The van der Waals surface area contributed by atoms with Gasteiger partial charge in [-0.2, -0.15) is 0 Å². The number of carbonyl (C=O) groups is 1. The third-order valence-corrected chi connectivity index (χ3v) is 2.90. The van der Waals surface area contributed by atoms with Gasteiger partial charge >= 0.3 is 0 Å². The minimum Gasteiger partial charge on any atom is -0.330 e. The van der Waals surface area contributed by atoms with Gasteiger partial charge in [-0.05, 0) is 0 Å². The summed E-state index contributed by atoms with van der Waals surface area (Å²) in [4.78, 5) is 19.7. The maximum Gasteiger partial charge on any atom is 0.161 e. The van der Waals surface area contributed by atoms with Crippen molar-refractivity contribution in [1.29, 1.82) is 0 Å². The Balaban J connectivity index is 2.93. The van der Waals surface area contributed by atoms with Crippen molar-refractivity contribution in [2.45, 2.75) is 26.2 Å². The van der Waals surface area contributed by atoms with Crippen molar-refractivity contribution in [2.75, 3.05) is 0 Å². The topological polar surface area (TPSA) is 47.8 Å². The molecule has 0 amide bonds. The maximum absolute atomic E-state index is 11.3. The van der Waals surface area contributed by atoms with Crippen LogP contribution in [-0.2, 0) is 12.5 Å². The SMILES string of the molecule is Cn1c(C(C)(C)C)c(C=O)c2ncc(Cl)nc21.